The van der Waals surface area contributed by atoms with Gasteiger partial charge in [-0.2, -0.15) is 0 Å². The van der Waals surface area contributed by atoms with Gasteiger partial charge in [0.05, 0.1) is 17.1 Å². The minimum Gasteiger partial charge on any atom is -0.481 e. The summed E-state index contributed by atoms with van der Waals surface area (Å²) in [7, 11) is 2.13. The van der Waals surface area contributed by atoms with Gasteiger partial charge in [0, 0.05) is 17.3 Å². The van der Waals surface area contributed by atoms with Crippen LogP contribution in [0.3, 0.4) is 0 Å². The van der Waals surface area contributed by atoms with Crippen LogP contribution in [0.4, 0.5) is 0 Å². The van der Waals surface area contributed by atoms with Gasteiger partial charge in [-0.3, -0.25) is 4.79 Å². The van der Waals surface area contributed by atoms with Gasteiger partial charge in [-0.05, 0) is 26.9 Å². The predicted molar refractivity (Wildman–Crippen MR) is 79.0 cm³/mol. The number of aliphatic carboxylic acids is 1. The van der Waals surface area contributed by atoms with Gasteiger partial charge in [0.25, 0.3) is 0 Å². The largest absolute Gasteiger partial charge is 0.481 e. The molecule has 0 aromatic carbocycles. The van der Waals surface area contributed by atoms with Gasteiger partial charge in [-0.15, -0.1) is 11.3 Å². The summed E-state index contributed by atoms with van der Waals surface area (Å²) >= 11 is 1.54. The fourth-order valence-corrected chi connectivity index (χ4v) is 3.13. The first-order valence-corrected chi connectivity index (χ1v) is 7.62. The van der Waals surface area contributed by atoms with Crippen molar-refractivity contribution in [1.29, 1.82) is 0 Å². The second-order valence-corrected chi connectivity index (χ2v) is 6.26. The number of carbonyl (C=O) groups is 1. The quantitative estimate of drug-likeness (QED) is 0.797. The second-order valence-electron chi connectivity index (χ2n) is 5.15. The number of hydrogen-bond acceptors (Lipinski definition) is 4. The first-order chi connectivity index (χ1) is 8.93. The molecule has 5 heteroatoms. The van der Waals surface area contributed by atoms with Crippen LogP contribution in [0.15, 0.2) is 0 Å². The fraction of sp³-hybridized carbons (Fsp3) is 0.714. The van der Waals surface area contributed by atoms with E-state index in [0.29, 0.717) is 5.92 Å². The Hall–Kier alpha value is -0.940. The van der Waals surface area contributed by atoms with Crippen LogP contribution in [-0.4, -0.2) is 41.1 Å². The summed E-state index contributed by atoms with van der Waals surface area (Å²) < 4.78 is 0. The third-order valence-electron chi connectivity index (χ3n) is 3.12. The molecule has 1 aromatic heterocycles. The van der Waals surface area contributed by atoms with Crippen molar-refractivity contribution in [1.82, 2.24) is 9.88 Å². The van der Waals surface area contributed by atoms with Gasteiger partial charge in [-0.25, -0.2) is 4.98 Å². The van der Waals surface area contributed by atoms with E-state index in [4.69, 9.17) is 5.11 Å². The average Bonchev–Trinajstić information content (AvgIpc) is 2.67. The SMILES string of the molecule is CCCCN(C)CC(C)c1nc(C)c(CC(=O)O)s1. The van der Waals surface area contributed by atoms with Crippen molar-refractivity contribution in [2.75, 3.05) is 20.1 Å². The molecule has 0 amide bonds. The number of carboxylic acid groups (broad SMARTS) is 1. The second kappa shape index (κ2) is 7.60. The van der Waals surface area contributed by atoms with Crippen LogP contribution in [0.5, 0.6) is 0 Å². The zero-order valence-corrected chi connectivity index (χ0v) is 13.1. The summed E-state index contributed by atoms with van der Waals surface area (Å²) in [6.07, 6.45) is 2.50. The molecule has 0 aliphatic rings. The standard InChI is InChI=1S/C14H24N2O2S/c1-5-6-7-16(4)9-10(2)14-15-11(3)12(19-14)8-13(17)18/h10H,5-9H2,1-4H3,(H,17,18). The number of hydrogen-bond donors (Lipinski definition) is 1. The number of carboxylic acids is 1. The normalized spacial score (nSPS) is 12.9. The maximum atomic E-state index is 10.8. The molecule has 0 bridgehead atoms. The van der Waals surface area contributed by atoms with Crippen molar-refractivity contribution < 1.29 is 9.90 Å². The van der Waals surface area contributed by atoms with Gasteiger partial charge < -0.3 is 10.0 Å². The third kappa shape index (κ3) is 5.28. The molecule has 19 heavy (non-hydrogen) atoms. The lowest BCUT2D eigenvalue weighted by Crippen LogP contribution is -2.24. The summed E-state index contributed by atoms with van der Waals surface area (Å²) in [5.74, 6) is -0.431. The van der Waals surface area contributed by atoms with E-state index < -0.39 is 5.97 Å². The van der Waals surface area contributed by atoms with Gasteiger partial charge in [0.15, 0.2) is 0 Å². The van der Waals surface area contributed by atoms with E-state index in [1.807, 2.05) is 6.92 Å². The van der Waals surface area contributed by atoms with Crippen LogP contribution in [-0.2, 0) is 11.2 Å². The van der Waals surface area contributed by atoms with E-state index in [0.717, 1.165) is 28.7 Å². The van der Waals surface area contributed by atoms with E-state index in [2.05, 4.69) is 30.8 Å². The van der Waals surface area contributed by atoms with E-state index >= 15 is 0 Å². The Balaban J connectivity index is 2.61. The van der Waals surface area contributed by atoms with E-state index in [1.165, 1.54) is 12.8 Å². The van der Waals surface area contributed by atoms with Crippen LogP contribution in [0.25, 0.3) is 0 Å². The van der Waals surface area contributed by atoms with Crippen molar-refractivity contribution in [3.8, 4) is 0 Å². The molecule has 1 unspecified atom stereocenters. The fourth-order valence-electron chi connectivity index (χ4n) is 2.03. The van der Waals surface area contributed by atoms with Gasteiger partial charge in [-0.1, -0.05) is 20.3 Å². The number of aryl methyl sites for hydroxylation is 1. The van der Waals surface area contributed by atoms with Crippen LogP contribution in [0.2, 0.25) is 0 Å². The van der Waals surface area contributed by atoms with Crippen molar-refractivity contribution >= 4 is 17.3 Å². The van der Waals surface area contributed by atoms with Gasteiger partial charge >= 0.3 is 5.97 Å². The van der Waals surface area contributed by atoms with E-state index in [-0.39, 0.29) is 6.42 Å². The molecule has 0 aliphatic heterocycles. The zero-order chi connectivity index (χ0) is 14.4. The molecule has 0 spiro atoms. The van der Waals surface area contributed by atoms with Gasteiger partial charge in [0.1, 0.15) is 0 Å². The molecular weight excluding hydrogens is 260 g/mol. The number of rotatable bonds is 8. The smallest absolute Gasteiger partial charge is 0.308 e. The number of aromatic nitrogens is 1. The van der Waals surface area contributed by atoms with Crippen LogP contribution < -0.4 is 0 Å². The Labute approximate surface area is 119 Å². The van der Waals surface area contributed by atoms with Crippen LogP contribution in [0, 0.1) is 6.92 Å². The molecule has 0 saturated carbocycles. The summed E-state index contributed by atoms with van der Waals surface area (Å²) in [5.41, 5.74) is 0.866. The molecule has 1 heterocycles. The van der Waals surface area contributed by atoms with E-state index in [1.54, 1.807) is 11.3 Å². The van der Waals surface area contributed by atoms with Crippen molar-refractivity contribution in [3.63, 3.8) is 0 Å². The number of thiazole rings is 1. The maximum absolute atomic E-state index is 10.8. The number of likely N-dealkylation sites (N-methyl/N-ethyl adjacent to an activating group) is 1. The molecule has 1 N–H and O–H groups in total. The highest BCUT2D eigenvalue weighted by Crippen LogP contribution is 2.25. The first kappa shape index (κ1) is 16.1. The monoisotopic (exact) mass is 284 g/mol. The summed E-state index contributed by atoms with van der Waals surface area (Å²) in [5, 5.41) is 9.91. The maximum Gasteiger partial charge on any atom is 0.308 e. The molecule has 1 atom stereocenters. The first-order valence-electron chi connectivity index (χ1n) is 6.80. The van der Waals surface area contributed by atoms with Gasteiger partial charge in [0.2, 0.25) is 0 Å². The molecule has 108 valence electrons. The van der Waals surface area contributed by atoms with Crippen molar-refractivity contribution in [3.05, 3.63) is 15.6 Å². The Kier molecular flexibility index (Phi) is 6.45. The number of nitrogens with zero attached hydrogens (tertiary/aromatic N) is 2. The molecular formula is C14H24N2O2S. The summed E-state index contributed by atoms with van der Waals surface area (Å²) in [4.78, 5) is 18.5. The molecule has 0 saturated heterocycles. The molecule has 1 aromatic rings. The Morgan fingerprint density at radius 2 is 2.21 bits per heavy atom. The average molecular weight is 284 g/mol. The Morgan fingerprint density at radius 1 is 1.53 bits per heavy atom. The Morgan fingerprint density at radius 3 is 2.79 bits per heavy atom. The molecule has 1 rings (SSSR count). The lowest BCUT2D eigenvalue weighted by molar-refractivity contribution is -0.136. The summed E-state index contributed by atoms with van der Waals surface area (Å²) in [6.45, 7) is 8.32. The number of unbranched alkanes of at least 4 members (excludes halogenated alkanes) is 1. The molecule has 0 aliphatic carbocycles. The highest BCUT2D eigenvalue weighted by atomic mass is 32.1. The minimum atomic E-state index is -0.786. The van der Waals surface area contributed by atoms with Crippen molar-refractivity contribution in [2.24, 2.45) is 0 Å². The topological polar surface area (TPSA) is 53.4 Å². The lowest BCUT2D eigenvalue weighted by Gasteiger charge is -2.19. The Bertz CT molecular complexity index is 418. The zero-order valence-electron chi connectivity index (χ0n) is 12.3. The summed E-state index contributed by atoms with van der Waals surface area (Å²) in [6, 6.07) is 0. The molecule has 0 radical (unpaired) electrons. The third-order valence-corrected chi connectivity index (χ3v) is 4.51. The lowest BCUT2D eigenvalue weighted by atomic mass is 10.2. The highest BCUT2D eigenvalue weighted by Gasteiger charge is 2.16. The predicted octanol–water partition coefficient (Wildman–Crippen LogP) is 2.91. The van der Waals surface area contributed by atoms with Crippen molar-refractivity contribution in [2.45, 2.75) is 46.0 Å². The van der Waals surface area contributed by atoms with Crippen LogP contribution >= 0.6 is 11.3 Å². The highest BCUT2D eigenvalue weighted by molar-refractivity contribution is 7.11. The molecule has 4 nitrogen and oxygen atoms in total. The van der Waals surface area contributed by atoms with Crippen LogP contribution in [0.1, 0.15) is 48.2 Å². The minimum absolute atomic E-state index is 0.0852. The molecule has 0 fully saturated rings. The van der Waals surface area contributed by atoms with E-state index in [9.17, 15) is 4.79 Å².